The molecule has 0 amide bonds. The van der Waals surface area contributed by atoms with Crippen molar-refractivity contribution in [1.29, 1.82) is 0 Å². The largest absolute Gasteiger partial charge is 0.494 e. The van der Waals surface area contributed by atoms with Crippen LogP contribution in [0.2, 0.25) is 0 Å². The Morgan fingerprint density at radius 1 is 1.24 bits per heavy atom. The van der Waals surface area contributed by atoms with Crippen LogP contribution in [0, 0.1) is 17.3 Å². The number of aliphatic hydroxyl groups is 1. The summed E-state index contributed by atoms with van der Waals surface area (Å²) in [7, 11) is 1.95. The van der Waals surface area contributed by atoms with Crippen LogP contribution in [0.3, 0.4) is 0 Å². The second-order valence-corrected chi connectivity index (χ2v) is 11.0. The Kier molecular flexibility index (Phi) is 6.39. The van der Waals surface area contributed by atoms with E-state index in [0.717, 1.165) is 43.6 Å². The van der Waals surface area contributed by atoms with E-state index >= 15 is 0 Å². The molecule has 5 atom stereocenters. The molecule has 0 unspecified atom stereocenters. The molecular weight excluding hydrogens is 408 g/mol. The predicted octanol–water partition coefficient (Wildman–Crippen LogP) is 6.29. The zero-order chi connectivity index (χ0) is 23.0. The summed E-state index contributed by atoms with van der Waals surface area (Å²) >= 11 is 0. The number of aliphatic hydroxyl groups excluding tert-OH is 1. The molecule has 5 rings (SSSR count). The van der Waals surface area contributed by atoms with Crippen molar-refractivity contribution in [3.8, 4) is 5.75 Å². The minimum atomic E-state index is -0.339. The summed E-state index contributed by atoms with van der Waals surface area (Å²) in [5.41, 5.74) is 5.34. The van der Waals surface area contributed by atoms with E-state index in [-0.39, 0.29) is 11.5 Å². The molecule has 1 aromatic heterocycles. The van der Waals surface area contributed by atoms with Gasteiger partial charge in [0, 0.05) is 24.2 Å². The first-order chi connectivity index (χ1) is 16.0. The number of ether oxygens (including phenoxy) is 1. The van der Waals surface area contributed by atoms with E-state index in [4.69, 9.17) is 4.74 Å². The highest BCUT2D eigenvalue weighted by Crippen LogP contribution is 2.62. The molecule has 1 heterocycles. The molecule has 0 radical (unpaired) electrons. The number of benzene rings is 1. The van der Waals surface area contributed by atoms with Crippen molar-refractivity contribution < 1.29 is 9.84 Å². The van der Waals surface area contributed by atoms with Crippen LogP contribution in [-0.2, 0) is 13.5 Å². The van der Waals surface area contributed by atoms with Crippen molar-refractivity contribution in [2.24, 2.45) is 24.3 Å². The lowest BCUT2D eigenvalue weighted by Gasteiger charge is -2.49. The van der Waals surface area contributed by atoms with Crippen molar-refractivity contribution in [3.05, 3.63) is 52.9 Å². The molecule has 4 nitrogen and oxygen atoms in total. The zero-order valence-electron chi connectivity index (χ0n) is 20.6. The number of nitrogens with zero attached hydrogens (tertiary/aromatic N) is 2. The normalized spacial score (nSPS) is 31.8. The van der Waals surface area contributed by atoms with Gasteiger partial charge >= 0.3 is 0 Å². The quantitative estimate of drug-likeness (QED) is 0.506. The van der Waals surface area contributed by atoms with Crippen LogP contribution in [0.15, 0.2) is 36.2 Å². The molecule has 1 N–H and O–H groups in total. The maximum atomic E-state index is 11.4. The summed E-state index contributed by atoms with van der Waals surface area (Å²) in [6.07, 6.45) is 16.4. The van der Waals surface area contributed by atoms with Gasteiger partial charge in [0.25, 0.3) is 0 Å². The molecule has 0 spiro atoms. The van der Waals surface area contributed by atoms with E-state index in [0.29, 0.717) is 17.8 Å². The van der Waals surface area contributed by atoms with Gasteiger partial charge in [-0.25, -0.2) is 0 Å². The Balaban J connectivity index is 1.31. The van der Waals surface area contributed by atoms with Crippen LogP contribution in [0.25, 0.3) is 6.08 Å². The summed E-state index contributed by atoms with van der Waals surface area (Å²) < 4.78 is 7.91. The number of aryl methyl sites for hydroxylation is 2. The topological polar surface area (TPSA) is 47.3 Å². The summed E-state index contributed by atoms with van der Waals surface area (Å²) in [5, 5.41) is 15.7. The van der Waals surface area contributed by atoms with Crippen molar-refractivity contribution in [2.45, 2.75) is 83.7 Å². The van der Waals surface area contributed by atoms with Crippen molar-refractivity contribution in [3.63, 3.8) is 0 Å². The molecule has 0 aliphatic heterocycles. The SMILES string of the molecule is CCCCCCOc1ccc2c(c1)CC[C@H]1[C@H]3C/C(=C\c4cnn(C)c4)[C@H](O)[C@]3(C)CC[C@@H]21. The molecule has 2 aromatic rings. The van der Waals surface area contributed by atoms with Gasteiger partial charge in [0.05, 0.1) is 18.9 Å². The van der Waals surface area contributed by atoms with E-state index < -0.39 is 0 Å². The molecule has 33 heavy (non-hydrogen) atoms. The molecule has 1 aromatic carbocycles. The number of aromatic nitrogens is 2. The van der Waals surface area contributed by atoms with Gasteiger partial charge in [0.2, 0.25) is 0 Å². The standard InChI is InChI=1S/C29H40N2O2/c1-4-5-6-7-14-33-23-9-11-24-21(16-23)8-10-26-25(24)12-13-29(2)27(26)17-22(28(29)32)15-20-18-30-31(3)19-20/h9,11,15-16,18-19,25-28,32H,4-8,10,12-14,17H2,1-3H3/b22-15+/t25-,26+,27+,28-,29+/m0/s1. The van der Waals surface area contributed by atoms with Crippen LogP contribution in [-0.4, -0.2) is 27.6 Å². The number of fused-ring (bicyclic) bond motifs is 5. The average molecular weight is 449 g/mol. The first-order valence-electron chi connectivity index (χ1n) is 13.1. The second kappa shape index (κ2) is 9.29. The van der Waals surface area contributed by atoms with Crippen LogP contribution in [0.4, 0.5) is 0 Å². The third-order valence-corrected chi connectivity index (χ3v) is 8.91. The smallest absolute Gasteiger partial charge is 0.119 e. The highest BCUT2D eigenvalue weighted by molar-refractivity contribution is 5.54. The lowest BCUT2D eigenvalue weighted by Crippen LogP contribution is -2.44. The maximum Gasteiger partial charge on any atom is 0.119 e. The predicted molar refractivity (Wildman–Crippen MR) is 133 cm³/mol. The van der Waals surface area contributed by atoms with Gasteiger partial charge in [-0.1, -0.05) is 45.3 Å². The third-order valence-electron chi connectivity index (χ3n) is 8.91. The number of hydrogen-bond acceptors (Lipinski definition) is 3. The first kappa shape index (κ1) is 22.7. The van der Waals surface area contributed by atoms with Crippen molar-refractivity contribution in [1.82, 2.24) is 9.78 Å². The van der Waals surface area contributed by atoms with E-state index in [1.807, 2.05) is 24.1 Å². The molecule has 2 saturated carbocycles. The van der Waals surface area contributed by atoms with Gasteiger partial charge in [0.1, 0.15) is 5.75 Å². The van der Waals surface area contributed by atoms with Crippen LogP contribution >= 0.6 is 0 Å². The summed E-state index contributed by atoms with van der Waals surface area (Å²) in [5.74, 6) is 2.88. The number of hydrogen-bond donors (Lipinski definition) is 1. The molecule has 3 aliphatic carbocycles. The molecule has 178 valence electrons. The zero-order valence-corrected chi connectivity index (χ0v) is 20.6. The van der Waals surface area contributed by atoms with E-state index in [2.05, 4.69) is 43.2 Å². The maximum absolute atomic E-state index is 11.4. The molecular formula is C29H40N2O2. The summed E-state index contributed by atoms with van der Waals surface area (Å²) in [6.45, 7) is 5.42. The monoisotopic (exact) mass is 448 g/mol. The van der Waals surface area contributed by atoms with E-state index in [1.54, 1.807) is 5.56 Å². The number of rotatable bonds is 7. The van der Waals surface area contributed by atoms with Crippen molar-refractivity contribution >= 4 is 6.08 Å². The molecule has 3 aliphatic rings. The van der Waals surface area contributed by atoms with Gasteiger partial charge in [-0.05, 0) is 85.1 Å². The molecule has 0 saturated heterocycles. The Morgan fingerprint density at radius 3 is 2.91 bits per heavy atom. The molecule has 2 fully saturated rings. The summed E-state index contributed by atoms with van der Waals surface area (Å²) in [4.78, 5) is 0. The Labute approximate surface area is 199 Å². The highest BCUT2D eigenvalue weighted by Gasteiger charge is 2.56. The van der Waals surface area contributed by atoms with E-state index in [9.17, 15) is 5.11 Å². The fourth-order valence-corrected chi connectivity index (χ4v) is 7.09. The van der Waals surface area contributed by atoms with Gasteiger partial charge in [0.15, 0.2) is 0 Å². The van der Waals surface area contributed by atoms with Crippen LogP contribution < -0.4 is 4.74 Å². The van der Waals surface area contributed by atoms with Crippen LogP contribution in [0.5, 0.6) is 5.75 Å². The lowest BCUT2D eigenvalue weighted by atomic mass is 9.55. The van der Waals surface area contributed by atoms with Gasteiger partial charge in [-0.15, -0.1) is 0 Å². The van der Waals surface area contributed by atoms with Crippen molar-refractivity contribution in [2.75, 3.05) is 6.61 Å². The molecule has 0 bridgehead atoms. The van der Waals surface area contributed by atoms with Crippen LogP contribution in [0.1, 0.15) is 87.8 Å². The minimum absolute atomic E-state index is 0.00570. The van der Waals surface area contributed by atoms with Gasteiger partial charge in [-0.2, -0.15) is 5.10 Å². The first-order valence-corrected chi connectivity index (χ1v) is 13.1. The highest BCUT2D eigenvalue weighted by atomic mass is 16.5. The summed E-state index contributed by atoms with van der Waals surface area (Å²) in [6, 6.07) is 6.87. The third kappa shape index (κ3) is 4.27. The van der Waals surface area contributed by atoms with Gasteiger partial charge in [-0.3, -0.25) is 4.68 Å². The number of unbranched alkanes of at least 4 members (excludes halogenated alkanes) is 3. The second-order valence-electron chi connectivity index (χ2n) is 11.0. The Morgan fingerprint density at radius 2 is 2.12 bits per heavy atom. The average Bonchev–Trinajstić information content (AvgIpc) is 3.34. The van der Waals surface area contributed by atoms with Gasteiger partial charge < -0.3 is 9.84 Å². The Hall–Kier alpha value is -2.07. The fraction of sp³-hybridized carbons (Fsp3) is 0.621. The minimum Gasteiger partial charge on any atom is -0.494 e. The van der Waals surface area contributed by atoms with E-state index in [1.165, 1.54) is 43.2 Å². The Bertz CT molecular complexity index is 1010. The molecule has 4 heteroatoms. The fourth-order valence-electron chi connectivity index (χ4n) is 7.09. The lowest BCUT2D eigenvalue weighted by molar-refractivity contribution is -0.0158.